The van der Waals surface area contributed by atoms with Crippen molar-refractivity contribution in [3.05, 3.63) is 137 Å². The molecule has 1 aromatic heterocycles. The van der Waals surface area contributed by atoms with Crippen LogP contribution in [-0.2, 0) is 25.7 Å². The minimum atomic E-state index is -0.539. The number of unbranched alkanes of at least 4 members (excludes halogenated alkanes) is 1. The first-order chi connectivity index (χ1) is 27.0. The third-order valence-electron chi connectivity index (χ3n) is 10.4. The van der Waals surface area contributed by atoms with Crippen LogP contribution in [0.2, 0.25) is 0 Å². The molecule has 6 rings (SSSR count). The van der Waals surface area contributed by atoms with Crippen molar-refractivity contribution in [1.29, 1.82) is 0 Å². The zero-order chi connectivity index (χ0) is 39.9. The summed E-state index contributed by atoms with van der Waals surface area (Å²) in [4.78, 5) is 43.4. The predicted molar refractivity (Wildman–Crippen MR) is 225 cm³/mol. The molecule has 0 saturated heterocycles. The summed E-state index contributed by atoms with van der Waals surface area (Å²) in [7, 11) is 0. The van der Waals surface area contributed by atoms with Crippen LogP contribution in [0.25, 0.3) is 32.6 Å². The van der Waals surface area contributed by atoms with Crippen LogP contribution >= 0.6 is 0 Å². The van der Waals surface area contributed by atoms with E-state index in [9.17, 15) is 14.4 Å². The highest BCUT2D eigenvalue weighted by Gasteiger charge is 2.24. The molecular formula is C48H50N2O6. The van der Waals surface area contributed by atoms with E-state index < -0.39 is 11.9 Å². The van der Waals surface area contributed by atoms with Crippen LogP contribution in [0.5, 0.6) is 5.75 Å². The summed E-state index contributed by atoms with van der Waals surface area (Å²) in [6.07, 6.45) is 5.60. The van der Waals surface area contributed by atoms with E-state index in [-0.39, 0.29) is 19.0 Å². The molecule has 0 aliphatic carbocycles. The lowest BCUT2D eigenvalue weighted by atomic mass is 9.89. The Hall–Kier alpha value is -6.02. The smallest absolute Gasteiger partial charge is 0.332 e. The number of carbonyl (C=O) groups is 3. The molecule has 0 radical (unpaired) electrons. The number of rotatable bonds is 16. The summed E-state index contributed by atoms with van der Waals surface area (Å²) >= 11 is 0. The Morgan fingerprint density at radius 1 is 0.821 bits per heavy atom. The highest BCUT2D eigenvalue weighted by atomic mass is 16.7. The van der Waals surface area contributed by atoms with Gasteiger partial charge in [-0.25, -0.2) is 9.59 Å². The molecule has 0 bridgehead atoms. The predicted octanol–water partition coefficient (Wildman–Crippen LogP) is 10.7. The Labute approximate surface area is 328 Å². The molecule has 1 atom stereocenters. The van der Waals surface area contributed by atoms with E-state index >= 15 is 0 Å². The number of ketones is 1. The number of benzene rings is 5. The van der Waals surface area contributed by atoms with Gasteiger partial charge in [-0.3, -0.25) is 4.79 Å². The Kier molecular flexibility index (Phi) is 12.5. The van der Waals surface area contributed by atoms with Crippen LogP contribution in [0.15, 0.2) is 103 Å². The molecule has 288 valence electrons. The fourth-order valence-corrected chi connectivity index (χ4v) is 7.79. The first kappa shape index (κ1) is 39.7. The van der Waals surface area contributed by atoms with Gasteiger partial charge in [-0.15, -0.1) is 0 Å². The van der Waals surface area contributed by atoms with Crippen molar-refractivity contribution in [1.82, 2.24) is 4.57 Å². The van der Waals surface area contributed by atoms with Crippen LogP contribution < -0.4 is 4.74 Å². The standard InChI is InChI=1S/C48H50N2O6/c1-8-11-14-34(9-2)29-50-43-22-19-36(46(49-56-33(7)51)35-17-20-37(21-18-35)54-23-24-55-44(52)10-3)27-40(43)41-28-42(38-15-12-13-16-39(38)47(41)50)48(53)45-31(5)25-30(4)26-32(45)6/h10,12-13,15-22,25-28,34H,3,8-9,11,14,23-24,29H2,1-2,4-7H3/b49-46+. The topological polar surface area (TPSA) is 96.2 Å². The SMILES string of the molecule is C=CC(=O)OCCOc1ccc(/C(=N\OC(C)=O)c2ccc3c(c2)c2cc(C(=O)c4c(C)cc(C)cc4C)c4ccccc4c2n3CC(CC)CCCC)cc1. The van der Waals surface area contributed by atoms with Crippen molar-refractivity contribution < 1.29 is 28.7 Å². The van der Waals surface area contributed by atoms with E-state index in [1.165, 1.54) is 6.92 Å². The second kappa shape index (κ2) is 17.6. The normalized spacial score (nSPS) is 12.2. The molecule has 5 aromatic carbocycles. The number of carbonyl (C=O) groups excluding carboxylic acids is 3. The molecule has 0 saturated carbocycles. The summed E-state index contributed by atoms with van der Waals surface area (Å²) in [5.74, 6) is 0.00295. The van der Waals surface area contributed by atoms with Gasteiger partial charge >= 0.3 is 11.9 Å². The Balaban J connectivity index is 1.54. The maximum Gasteiger partial charge on any atom is 0.332 e. The summed E-state index contributed by atoms with van der Waals surface area (Å²) in [5.41, 5.74) is 8.51. The summed E-state index contributed by atoms with van der Waals surface area (Å²) < 4.78 is 13.2. The second-order valence-corrected chi connectivity index (χ2v) is 14.5. The number of aromatic nitrogens is 1. The van der Waals surface area contributed by atoms with Gasteiger partial charge in [0.2, 0.25) is 0 Å². The van der Waals surface area contributed by atoms with Crippen LogP contribution in [0.3, 0.4) is 0 Å². The van der Waals surface area contributed by atoms with Gasteiger partial charge in [-0.05, 0) is 92.1 Å². The molecule has 0 spiro atoms. The Morgan fingerprint density at radius 3 is 2.18 bits per heavy atom. The van der Waals surface area contributed by atoms with E-state index in [0.29, 0.717) is 28.5 Å². The van der Waals surface area contributed by atoms with Crippen LogP contribution in [0.4, 0.5) is 0 Å². The van der Waals surface area contributed by atoms with Gasteiger partial charge in [-0.1, -0.05) is 92.9 Å². The van der Waals surface area contributed by atoms with Gasteiger partial charge in [0.15, 0.2) is 5.78 Å². The van der Waals surface area contributed by atoms with E-state index in [1.807, 2.05) is 44.2 Å². The number of ether oxygens (including phenoxy) is 2. The highest BCUT2D eigenvalue weighted by molar-refractivity contribution is 6.27. The highest BCUT2D eigenvalue weighted by Crippen LogP contribution is 2.39. The Morgan fingerprint density at radius 2 is 1.52 bits per heavy atom. The lowest BCUT2D eigenvalue weighted by Gasteiger charge is -2.19. The van der Waals surface area contributed by atoms with Gasteiger partial charge in [-0.2, -0.15) is 0 Å². The molecule has 8 nitrogen and oxygen atoms in total. The second-order valence-electron chi connectivity index (χ2n) is 14.5. The molecule has 0 aliphatic rings. The molecule has 1 unspecified atom stereocenters. The average molecular weight is 751 g/mol. The first-order valence-corrected chi connectivity index (χ1v) is 19.4. The van der Waals surface area contributed by atoms with Crippen LogP contribution in [0.1, 0.15) is 90.2 Å². The van der Waals surface area contributed by atoms with Gasteiger partial charge in [0.25, 0.3) is 0 Å². The van der Waals surface area contributed by atoms with E-state index in [4.69, 9.17) is 14.3 Å². The molecule has 56 heavy (non-hydrogen) atoms. The molecule has 8 heteroatoms. The number of oxime groups is 1. The average Bonchev–Trinajstić information content (AvgIpc) is 3.49. The van der Waals surface area contributed by atoms with Crippen molar-refractivity contribution in [2.24, 2.45) is 11.1 Å². The lowest BCUT2D eigenvalue weighted by molar-refractivity contribution is -0.141. The number of aryl methyl sites for hydroxylation is 3. The van der Waals surface area contributed by atoms with Gasteiger partial charge in [0.05, 0.1) is 5.52 Å². The molecule has 0 fully saturated rings. The zero-order valence-electron chi connectivity index (χ0n) is 33.2. The number of fused-ring (bicyclic) bond motifs is 5. The largest absolute Gasteiger partial charge is 0.490 e. The molecule has 0 amide bonds. The fourth-order valence-electron chi connectivity index (χ4n) is 7.79. The maximum atomic E-state index is 14.7. The monoisotopic (exact) mass is 750 g/mol. The summed E-state index contributed by atoms with van der Waals surface area (Å²) in [6, 6.07) is 28.0. The molecule has 6 aromatic rings. The van der Waals surface area contributed by atoms with E-state index in [0.717, 1.165) is 98.7 Å². The van der Waals surface area contributed by atoms with Gasteiger partial charge < -0.3 is 18.9 Å². The van der Waals surface area contributed by atoms with Crippen molar-refractivity contribution in [3.8, 4) is 5.75 Å². The lowest BCUT2D eigenvalue weighted by Crippen LogP contribution is -2.11. The van der Waals surface area contributed by atoms with E-state index in [2.05, 4.69) is 79.5 Å². The van der Waals surface area contributed by atoms with E-state index in [1.54, 1.807) is 12.1 Å². The number of hydrogen-bond donors (Lipinski definition) is 0. The number of hydrogen-bond acceptors (Lipinski definition) is 7. The van der Waals surface area contributed by atoms with Crippen molar-refractivity contribution >= 4 is 56.0 Å². The van der Waals surface area contributed by atoms with Crippen LogP contribution in [0, 0.1) is 26.7 Å². The summed E-state index contributed by atoms with van der Waals surface area (Å²) in [5, 5.41) is 8.25. The van der Waals surface area contributed by atoms with Crippen molar-refractivity contribution in [2.75, 3.05) is 13.2 Å². The number of esters is 1. The minimum Gasteiger partial charge on any atom is -0.490 e. The van der Waals surface area contributed by atoms with Crippen molar-refractivity contribution in [2.45, 2.75) is 73.8 Å². The van der Waals surface area contributed by atoms with Crippen molar-refractivity contribution in [3.63, 3.8) is 0 Å². The zero-order valence-corrected chi connectivity index (χ0v) is 33.2. The van der Waals surface area contributed by atoms with Gasteiger partial charge in [0.1, 0.15) is 24.7 Å². The first-order valence-electron chi connectivity index (χ1n) is 19.4. The third-order valence-corrected chi connectivity index (χ3v) is 10.4. The van der Waals surface area contributed by atoms with Gasteiger partial charge in [0, 0.05) is 63.5 Å². The molecular weight excluding hydrogens is 701 g/mol. The molecule has 1 heterocycles. The fraction of sp³-hybridized carbons (Fsp3) is 0.292. The van der Waals surface area contributed by atoms with Crippen LogP contribution in [-0.4, -0.2) is 41.2 Å². The summed E-state index contributed by atoms with van der Waals surface area (Å²) in [6.45, 7) is 16.4. The molecule has 0 aliphatic heterocycles. The third kappa shape index (κ3) is 8.45. The maximum absolute atomic E-state index is 14.7. The minimum absolute atomic E-state index is 0.00261. The molecule has 0 N–H and O–H groups in total. The number of nitrogens with zero attached hydrogens (tertiary/aromatic N) is 2. The Bertz CT molecular complexity index is 2450. The quantitative estimate of drug-likeness (QED) is 0.0186.